The Kier molecular flexibility index (Phi) is 11.9. The fourth-order valence-electron chi connectivity index (χ4n) is 11.6. The number of epoxide rings is 3. The van der Waals surface area contributed by atoms with Crippen molar-refractivity contribution in [2.24, 2.45) is 35.5 Å². The highest BCUT2D eigenvalue weighted by Crippen LogP contribution is 2.47. The minimum Gasteiger partial charge on any atom is -0.370 e. The topological polar surface area (TPSA) is 37.6 Å². The highest BCUT2D eigenvalue weighted by Gasteiger charge is 2.46. The maximum absolute atomic E-state index is 5.88. The van der Waals surface area contributed by atoms with Crippen molar-refractivity contribution < 1.29 is 14.2 Å². The first-order valence-electron chi connectivity index (χ1n) is 21.9. The van der Waals surface area contributed by atoms with Crippen LogP contribution >= 0.6 is 0 Å². The van der Waals surface area contributed by atoms with Crippen molar-refractivity contribution in [3.05, 3.63) is 0 Å². The van der Waals surface area contributed by atoms with Gasteiger partial charge in [0.2, 0.25) is 0 Å². The van der Waals surface area contributed by atoms with Crippen molar-refractivity contribution in [1.29, 1.82) is 0 Å². The van der Waals surface area contributed by atoms with Gasteiger partial charge in [-0.2, -0.15) is 0 Å². The van der Waals surface area contributed by atoms with E-state index in [1.54, 1.807) is 74.8 Å². The van der Waals surface area contributed by atoms with Crippen LogP contribution in [0.5, 0.6) is 0 Å². The van der Waals surface area contributed by atoms with Crippen molar-refractivity contribution in [1.82, 2.24) is 0 Å². The summed E-state index contributed by atoms with van der Waals surface area (Å²) in [5.74, 6) is 5.99. The van der Waals surface area contributed by atoms with Crippen LogP contribution in [0.15, 0.2) is 0 Å². The van der Waals surface area contributed by atoms with E-state index >= 15 is 0 Å². The second-order valence-electron chi connectivity index (χ2n) is 21.6. The molecule has 3 heterocycles. The standard InChI is InChI=1S/C42H78O3Si3/c1-46(2,22-16-32-8-12-37-40(28-32)43-37)21-15-31-7-11-35(19-25-47(3,4)23-17-33-9-13-38-41(29-33)44-38)36(27-31)20-26-48(5,6)24-18-34-10-14-39-42(30-34)45-39/h31-42H,7-30H2,1-6H3. The molecule has 4 saturated carbocycles. The number of hydrogen-bond acceptors (Lipinski definition) is 3. The van der Waals surface area contributed by atoms with Gasteiger partial charge in [-0.25, -0.2) is 0 Å². The zero-order valence-corrected chi connectivity index (χ0v) is 35.6. The van der Waals surface area contributed by atoms with Gasteiger partial charge in [0.25, 0.3) is 0 Å². The first-order chi connectivity index (χ1) is 22.9. The van der Waals surface area contributed by atoms with Gasteiger partial charge in [0.05, 0.1) is 36.6 Å². The minimum absolute atomic E-state index is 0.656. The zero-order chi connectivity index (χ0) is 33.5. The Labute approximate surface area is 300 Å². The molecule has 0 spiro atoms. The lowest BCUT2D eigenvalue weighted by Gasteiger charge is -2.40. The molecule has 0 aromatic rings. The van der Waals surface area contributed by atoms with E-state index in [2.05, 4.69) is 39.3 Å². The third-order valence-corrected chi connectivity index (χ3v) is 25.7. The zero-order valence-electron chi connectivity index (χ0n) is 32.6. The Morgan fingerprint density at radius 1 is 0.333 bits per heavy atom. The third-order valence-electron chi connectivity index (χ3n) is 15.9. The average molecular weight is 715 g/mol. The average Bonchev–Trinajstić information content (AvgIpc) is 3.94. The van der Waals surface area contributed by atoms with Crippen LogP contribution in [-0.2, 0) is 14.2 Å². The van der Waals surface area contributed by atoms with Gasteiger partial charge < -0.3 is 14.2 Å². The van der Waals surface area contributed by atoms with Gasteiger partial charge in [-0.05, 0) is 106 Å². The van der Waals surface area contributed by atoms with Crippen molar-refractivity contribution in [3.8, 4) is 0 Å². The van der Waals surface area contributed by atoms with Gasteiger partial charge in [-0.15, -0.1) is 0 Å². The molecular weight excluding hydrogens is 637 g/mol. The van der Waals surface area contributed by atoms with E-state index in [0.29, 0.717) is 36.6 Å². The monoisotopic (exact) mass is 715 g/mol. The van der Waals surface area contributed by atoms with Crippen LogP contribution in [0.4, 0.5) is 0 Å². The molecule has 3 nitrogen and oxygen atoms in total. The van der Waals surface area contributed by atoms with Crippen molar-refractivity contribution in [3.63, 3.8) is 0 Å². The molecule has 3 saturated heterocycles. The van der Waals surface area contributed by atoms with Gasteiger partial charge in [0.1, 0.15) is 0 Å². The van der Waals surface area contributed by atoms with Crippen molar-refractivity contribution >= 4 is 24.2 Å². The predicted octanol–water partition coefficient (Wildman–Crippen LogP) is 12.2. The minimum atomic E-state index is -1.15. The largest absolute Gasteiger partial charge is 0.370 e. The molecule has 276 valence electrons. The van der Waals surface area contributed by atoms with E-state index in [-0.39, 0.29) is 0 Å². The Bertz CT molecular complexity index is 1050. The molecule has 7 rings (SSSR count). The van der Waals surface area contributed by atoms with Crippen molar-refractivity contribution in [2.45, 2.75) is 228 Å². The van der Waals surface area contributed by atoms with E-state index in [1.807, 2.05) is 0 Å². The van der Waals surface area contributed by atoms with Crippen LogP contribution in [0, 0.1) is 35.5 Å². The third kappa shape index (κ3) is 10.8. The molecule has 6 heteroatoms. The lowest BCUT2D eigenvalue weighted by atomic mass is 9.71. The summed E-state index contributed by atoms with van der Waals surface area (Å²) in [4.78, 5) is 0. The summed E-state index contributed by atoms with van der Waals surface area (Å²) in [6.07, 6.45) is 30.4. The van der Waals surface area contributed by atoms with Crippen LogP contribution in [0.2, 0.25) is 75.5 Å². The highest BCUT2D eigenvalue weighted by atomic mass is 28.3. The molecule has 7 aliphatic rings. The lowest BCUT2D eigenvalue weighted by Crippen LogP contribution is -2.33. The number of rotatable bonds is 18. The summed E-state index contributed by atoms with van der Waals surface area (Å²) >= 11 is 0. The van der Waals surface area contributed by atoms with Crippen LogP contribution in [0.3, 0.4) is 0 Å². The molecule has 0 amide bonds. The fraction of sp³-hybridized carbons (Fsp3) is 1.00. The van der Waals surface area contributed by atoms with Crippen LogP contribution in [0.1, 0.15) is 116 Å². The Morgan fingerprint density at radius 3 is 1.02 bits per heavy atom. The van der Waals surface area contributed by atoms with Crippen LogP contribution in [-0.4, -0.2) is 60.8 Å². The van der Waals surface area contributed by atoms with Crippen LogP contribution < -0.4 is 0 Å². The summed E-state index contributed by atoms with van der Waals surface area (Å²) in [5, 5.41) is 0. The van der Waals surface area contributed by atoms with E-state index < -0.39 is 24.2 Å². The van der Waals surface area contributed by atoms with Gasteiger partial charge in [0, 0.05) is 24.2 Å². The molecule has 3 aliphatic heterocycles. The Morgan fingerprint density at radius 2 is 0.646 bits per heavy atom. The van der Waals surface area contributed by atoms with Gasteiger partial charge >= 0.3 is 0 Å². The van der Waals surface area contributed by atoms with E-state index in [4.69, 9.17) is 14.2 Å². The first-order valence-corrected chi connectivity index (χ1v) is 32.1. The number of hydrogen-bond donors (Lipinski definition) is 0. The summed E-state index contributed by atoms with van der Waals surface area (Å²) in [5.41, 5.74) is 0. The number of ether oxygens (including phenoxy) is 3. The second-order valence-corrected chi connectivity index (χ2v) is 37.6. The molecule has 12 atom stereocenters. The van der Waals surface area contributed by atoms with Crippen LogP contribution in [0.25, 0.3) is 0 Å². The number of fused-ring (bicyclic) bond motifs is 3. The van der Waals surface area contributed by atoms with Gasteiger partial charge in [0.15, 0.2) is 0 Å². The summed E-state index contributed by atoms with van der Waals surface area (Å²) in [6.45, 7) is 16.5. The normalized spacial score (nSPS) is 40.9. The van der Waals surface area contributed by atoms with E-state index in [1.165, 1.54) is 77.0 Å². The Balaban J connectivity index is 0.882. The molecule has 0 aromatic carbocycles. The molecule has 12 unspecified atom stereocenters. The summed E-state index contributed by atoms with van der Waals surface area (Å²) < 4.78 is 17.6. The molecule has 48 heavy (non-hydrogen) atoms. The Hall–Kier alpha value is 0.531. The van der Waals surface area contributed by atoms with Gasteiger partial charge in [-0.1, -0.05) is 120 Å². The predicted molar refractivity (Wildman–Crippen MR) is 211 cm³/mol. The van der Waals surface area contributed by atoms with E-state index in [9.17, 15) is 0 Å². The first kappa shape index (κ1) is 36.9. The SMILES string of the molecule is C[Si](C)(CCC1CCC(CC[Si](C)(C)CCC2CCC3OC3C2)C(CC[Si](C)(C)CCC2CCC3OC3C2)C1)CCC1CCC2OC2C1. The maximum Gasteiger partial charge on any atom is 0.0844 e. The summed E-state index contributed by atoms with van der Waals surface area (Å²) in [7, 11) is -3.38. The molecule has 0 radical (unpaired) electrons. The summed E-state index contributed by atoms with van der Waals surface area (Å²) in [6, 6.07) is 9.47. The van der Waals surface area contributed by atoms with E-state index in [0.717, 1.165) is 35.5 Å². The quantitative estimate of drug-likeness (QED) is 0.105. The smallest absolute Gasteiger partial charge is 0.0844 e. The molecule has 7 fully saturated rings. The van der Waals surface area contributed by atoms with Crippen molar-refractivity contribution in [2.75, 3.05) is 0 Å². The lowest BCUT2D eigenvalue weighted by molar-refractivity contribution is 0.165. The fourth-order valence-corrected chi connectivity index (χ4v) is 19.4. The molecule has 0 aromatic heterocycles. The highest BCUT2D eigenvalue weighted by molar-refractivity contribution is 6.78. The van der Waals surface area contributed by atoms with Gasteiger partial charge in [-0.3, -0.25) is 0 Å². The molecular formula is C42H78O3Si3. The molecule has 0 bridgehead atoms. The molecule has 4 aliphatic carbocycles. The molecule has 0 N–H and O–H groups in total. The second kappa shape index (κ2) is 15.5. The maximum atomic E-state index is 5.88.